The molecule has 2 aliphatic rings. The summed E-state index contributed by atoms with van der Waals surface area (Å²) in [5.74, 6) is 1.87. The molecule has 2 atom stereocenters. The third-order valence-corrected chi connectivity index (χ3v) is 3.21. The Hall–Kier alpha value is -0.520. The normalized spacial score (nSPS) is 32.6. The first kappa shape index (κ1) is 10.6. The molecule has 0 nitrogen and oxygen atoms in total. The highest BCUT2D eigenvalue weighted by molar-refractivity contribution is 5.00. The molecule has 0 saturated heterocycles. The fraction of sp³-hybridized carbons (Fsp3) is 0.692. The lowest BCUT2D eigenvalue weighted by Crippen LogP contribution is -2.16. The van der Waals surface area contributed by atoms with Crippen LogP contribution in [0.4, 0.5) is 0 Å². The molecule has 0 amide bonds. The Labute approximate surface area is 82.7 Å². The number of hydrogen-bond donors (Lipinski definition) is 0. The predicted octanol–water partition coefficient (Wildman–Crippen LogP) is 4.34. The Morgan fingerprint density at radius 1 is 0.923 bits per heavy atom. The van der Waals surface area contributed by atoms with Crippen LogP contribution in [-0.2, 0) is 0 Å². The number of hydrogen-bond acceptors (Lipinski definition) is 0. The van der Waals surface area contributed by atoms with E-state index in [0.717, 1.165) is 11.8 Å². The first-order chi connectivity index (χ1) is 5.97. The molecule has 0 spiro atoms. The summed E-state index contributed by atoms with van der Waals surface area (Å²) in [6, 6.07) is 0. The van der Waals surface area contributed by atoms with E-state index in [9.17, 15) is 0 Å². The summed E-state index contributed by atoms with van der Waals surface area (Å²) < 4.78 is 0. The van der Waals surface area contributed by atoms with Crippen LogP contribution in [0.1, 0.15) is 46.0 Å². The van der Waals surface area contributed by atoms with Crippen molar-refractivity contribution in [2.75, 3.05) is 0 Å². The van der Waals surface area contributed by atoms with Crippen molar-refractivity contribution in [2.45, 2.75) is 46.0 Å². The van der Waals surface area contributed by atoms with Gasteiger partial charge in [0.15, 0.2) is 0 Å². The molecule has 2 aliphatic carbocycles. The molecule has 13 heavy (non-hydrogen) atoms. The Morgan fingerprint density at radius 3 is 2.77 bits per heavy atom. The maximum absolute atomic E-state index is 2.47. The van der Waals surface area contributed by atoms with Crippen LogP contribution in [0.3, 0.4) is 0 Å². The van der Waals surface area contributed by atoms with Gasteiger partial charge in [0.05, 0.1) is 0 Å². The average molecular weight is 178 g/mol. The number of rotatable bonds is 0. The summed E-state index contributed by atoms with van der Waals surface area (Å²) >= 11 is 0. The van der Waals surface area contributed by atoms with Gasteiger partial charge in [-0.2, -0.15) is 0 Å². The van der Waals surface area contributed by atoms with Gasteiger partial charge in [0.1, 0.15) is 0 Å². The zero-order chi connectivity index (χ0) is 8.23. The zero-order valence-corrected chi connectivity index (χ0v) is 7.71. The molecule has 0 N–H and O–H groups in total. The van der Waals surface area contributed by atoms with Crippen LogP contribution in [0, 0.1) is 11.8 Å². The van der Waals surface area contributed by atoms with Gasteiger partial charge >= 0.3 is 0 Å². The van der Waals surface area contributed by atoms with Gasteiger partial charge in [-0.25, -0.2) is 0 Å². The van der Waals surface area contributed by atoms with E-state index >= 15 is 0 Å². The molecule has 0 heterocycles. The molecule has 2 rings (SSSR count). The van der Waals surface area contributed by atoms with Crippen molar-refractivity contribution in [3.05, 3.63) is 24.3 Å². The topological polar surface area (TPSA) is 0 Å². The zero-order valence-electron chi connectivity index (χ0n) is 7.71. The van der Waals surface area contributed by atoms with E-state index in [1.165, 1.54) is 38.5 Å². The van der Waals surface area contributed by atoms with Gasteiger partial charge in [0.2, 0.25) is 0 Å². The molecule has 0 heteroatoms. The lowest BCUT2D eigenvalue weighted by atomic mass is 9.78. The van der Waals surface area contributed by atoms with E-state index in [4.69, 9.17) is 0 Å². The van der Waals surface area contributed by atoms with Crippen LogP contribution < -0.4 is 0 Å². The van der Waals surface area contributed by atoms with Crippen LogP contribution in [0.25, 0.3) is 0 Å². The quantitative estimate of drug-likeness (QED) is 0.484. The maximum atomic E-state index is 2.47. The largest absolute Gasteiger partial charge is 0.0885 e. The maximum Gasteiger partial charge on any atom is -0.0202 e. The van der Waals surface area contributed by atoms with Crippen molar-refractivity contribution >= 4 is 0 Å². The van der Waals surface area contributed by atoms with Gasteiger partial charge in [-0.3, -0.25) is 0 Å². The second kappa shape index (κ2) is 5.26. The molecular formula is C13H22. The molecule has 74 valence electrons. The van der Waals surface area contributed by atoms with Gasteiger partial charge < -0.3 is 0 Å². The van der Waals surface area contributed by atoms with Crippen molar-refractivity contribution in [2.24, 2.45) is 11.8 Å². The Balaban J connectivity index is 0.000000845. The van der Waals surface area contributed by atoms with Crippen LogP contribution in [0.2, 0.25) is 0 Å². The predicted molar refractivity (Wildman–Crippen MR) is 59.7 cm³/mol. The fourth-order valence-electron chi connectivity index (χ4n) is 2.44. The van der Waals surface area contributed by atoms with Gasteiger partial charge in [0, 0.05) is 0 Å². The van der Waals surface area contributed by atoms with Crippen LogP contribution in [0.5, 0.6) is 0 Å². The minimum atomic E-state index is 0. The molecule has 0 aromatic heterocycles. The summed E-state index contributed by atoms with van der Waals surface area (Å²) in [6.45, 7) is 0. The van der Waals surface area contributed by atoms with Crippen molar-refractivity contribution in [3.63, 3.8) is 0 Å². The van der Waals surface area contributed by atoms with E-state index in [2.05, 4.69) is 24.3 Å². The molecule has 2 unspecified atom stereocenters. The molecule has 0 radical (unpaired) electrons. The highest BCUT2D eigenvalue weighted by Crippen LogP contribution is 2.32. The molecule has 0 saturated carbocycles. The lowest BCUT2D eigenvalue weighted by Gasteiger charge is -2.27. The first-order valence-corrected chi connectivity index (χ1v) is 5.28. The molecule has 0 bridgehead atoms. The highest BCUT2D eigenvalue weighted by atomic mass is 14.3. The van der Waals surface area contributed by atoms with Crippen LogP contribution in [0.15, 0.2) is 24.3 Å². The number of fused-ring (bicyclic) bond motifs is 1. The molecular weight excluding hydrogens is 156 g/mol. The monoisotopic (exact) mass is 178 g/mol. The van der Waals surface area contributed by atoms with E-state index in [-0.39, 0.29) is 7.43 Å². The van der Waals surface area contributed by atoms with Gasteiger partial charge in [0.25, 0.3) is 0 Å². The molecule has 0 aromatic carbocycles. The van der Waals surface area contributed by atoms with Crippen molar-refractivity contribution in [3.8, 4) is 0 Å². The third-order valence-electron chi connectivity index (χ3n) is 3.21. The Morgan fingerprint density at radius 2 is 1.85 bits per heavy atom. The Bertz CT molecular complexity index is 188. The highest BCUT2D eigenvalue weighted by Gasteiger charge is 2.20. The first-order valence-electron chi connectivity index (χ1n) is 5.28. The van der Waals surface area contributed by atoms with Gasteiger partial charge in [-0.05, 0) is 50.4 Å². The SMILES string of the molecule is C.C1=CCC2CCC=CC2CCC1. The smallest absolute Gasteiger partial charge is 0.0202 e. The van der Waals surface area contributed by atoms with Crippen LogP contribution in [-0.4, -0.2) is 0 Å². The summed E-state index contributed by atoms with van der Waals surface area (Å²) in [7, 11) is 0. The van der Waals surface area contributed by atoms with E-state index in [0.29, 0.717) is 0 Å². The van der Waals surface area contributed by atoms with E-state index in [1.54, 1.807) is 0 Å². The van der Waals surface area contributed by atoms with Crippen molar-refractivity contribution < 1.29 is 0 Å². The summed E-state index contributed by atoms with van der Waals surface area (Å²) in [5.41, 5.74) is 0. The number of allylic oxidation sites excluding steroid dienone is 4. The lowest BCUT2D eigenvalue weighted by molar-refractivity contribution is 0.331. The molecule has 0 aromatic rings. The van der Waals surface area contributed by atoms with Crippen molar-refractivity contribution in [1.82, 2.24) is 0 Å². The standard InChI is InChI=1S/C12H18.CH4/c1-2-4-8-12-10-6-5-9-11(12)7-3-1;/h1,3,6,10-12H,2,4-5,7-9H2;1H4. The summed E-state index contributed by atoms with van der Waals surface area (Å²) in [4.78, 5) is 0. The van der Waals surface area contributed by atoms with E-state index in [1.807, 2.05) is 0 Å². The molecule has 0 aliphatic heterocycles. The minimum absolute atomic E-state index is 0. The summed E-state index contributed by atoms with van der Waals surface area (Å²) in [6.07, 6.45) is 17.8. The fourth-order valence-corrected chi connectivity index (χ4v) is 2.44. The average Bonchev–Trinajstić information content (AvgIpc) is 2.06. The minimum Gasteiger partial charge on any atom is -0.0885 e. The Kier molecular flexibility index (Phi) is 4.27. The second-order valence-corrected chi connectivity index (χ2v) is 4.07. The van der Waals surface area contributed by atoms with Gasteiger partial charge in [-0.15, -0.1) is 0 Å². The molecule has 0 fully saturated rings. The van der Waals surface area contributed by atoms with Gasteiger partial charge in [-0.1, -0.05) is 31.7 Å². The third kappa shape index (κ3) is 2.72. The van der Waals surface area contributed by atoms with Crippen molar-refractivity contribution in [1.29, 1.82) is 0 Å². The second-order valence-electron chi connectivity index (χ2n) is 4.07. The van der Waals surface area contributed by atoms with Crippen LogP contribution >= 0.6 is 0 Å². The summed E-state index contributed by atoms with van der Waals surface area (Å²) in [5, 5.41) is 0. The van der Waals surface area contributed by atoms with E-state index < -0.39 is 0 Å².